The zero-order chi connectivity index (χ0) is 12.4. The third kappa shape index (κ3) is 2.41. The van der Waals surface area contributed by atoms with Crippen molar-refractivity contribution >= 4 is 24.3 Å². The Labute approximate surface area is 108 Å². The average Bonchev–Trinajstić information content (AvgIpc) is 2.34. The Hall–Kier alpha value is -1.16. The number of fused-ring (bicyclic) bond motifs is 1. The third-order valence-corrected chi connectivity index (χ3v) is 3.68. The number of amides is 2. The van der Waals surface area contributed by atoms with Crippen molar-refractivity contribution in [3.05, 3.63) is 29.8 Å². The predicted molar refractivity (Wildman–Crippen MR) is 73.7 cm³/mol. The summed E-state index contributed by atoms with van der Waals surface area (Å²) in [6.45, 7) is 3.53. The van der Waals surface area contributed by atoms with Crippen LogP contribution in [0.3, 0.4) is 0 Å². The number of thiol groups is 1. The van der Waals surface area contributed by atoms with Gasteiger partial charge in [0.1, 0.15) is 0 Å². The lowest BCUT2D eigenvalue weighted by Gasteiger charge is -2.36. The number of benzene rings is 1. The van der Waals surface area contributed by atoms with Gasteiger partial charge in [0, 0.05) is 20.1 Å². The second kappa shape index (κ2) is 5.00. The molecule has 1 atom stereocenters. The van der Waals surface area contributed by atoms with Crippen LogP contribution in [-0.2, 0) is 6.54 Å². The van der Waals surface area contributed by atoms with Crippen LogP contribution in [0.15, 0.2) is 24.3 Å². The molecule has 0 N–H and O–H groups in total. The Morgan fingerprint density at radius 2 is 2.12 bits per heavy atom. The van der Waals surface area contributed by atoms with E-state index >= 15 is 0 Å². The van der Waals surface area contributed by atoms with Crippen molar-refractivity contribution in [2.45, 2.75) is 13.5 Å². The Kier molecular flexibility index (Phi) is 3.62. The molecule has 3 nitrogen and oxygen atoms in total. The monoisotopic (exact) mass is 250 g/mol. The standard InChI is InChI=1S/C13H18N2OS/c1-10(9-17)7-15-12-6-4-3-5-11(12)8-14(2)13(15)16/h3-6,10,17H,7-9H2,1-2H3. The molecular weight excluding hydrogens is 232 g/mol. The first-order chi connectivity index (χ1) is 8.13. The highest BCUT2D eigenvalue weighted by Gasteiger charge is 2.28. The lowest BCUT2D eigenvalue weighted by atomic mass is 10.1. The summed E-state index contributed by atoms with van der Waals surface area (Å²) in [6, 6.07) is 8.18. The minimum absolute atomic E-state index is 0.0809. The van der Waals surface area contributed by atoms with Crippen LogP contribution < -0.4 is 4.90 Å². The van der Waals surface area contributed by atoms with E-state index in [9.17, 15) is 4.79 Å². The zero-order valence-electron chi connectivity index (χ0n) is 10.3. The van der Waals surface area contributed by atoms with Crippen molar-refractivity contribution in [3.63, 3.8) is 0 Å². The van der Waals surface area contributed by atoms with Crippen molar-refractivity contribution < 1.29 is 4.79 Å². The molecule has 0 saturated carbocycles. The highest BCUT2D eigenvalue weighted by atomic mass is 32.1. The molecule has 2 amide bonds. The number of anilines is 1. The van der Waals surface area contributed by atoms with Crippen LogP contribution >= 0.6 is 12.6 Å². The Morgan fingerprint density at radius 1 is 1.41 bits per heavy atom. The molecule has 92 valence electrons. The summed E-state index contributed by atoms with van der Waals surface area (Å²) in [5, 5.41) is 0. The first kappa shape index (κ1) is 12.3. The van der Waals surface area contributed by atoms with Gasteiger partial charge < -0.3 is 4.90 Å². The first-order valence-corrected chi connectivity index (χ1v) is 6.48. The van der Waals surface area contributed by atoms with E-state index in [1.807, 2.05) is 30.1 Å². The maximum Gasteiger partial charge on any atom is 0.324 e. The van der Waals surface area contributed by atoms with Crippen molar-refractivity contribution in [1.29, 1.82) is 0 Å². The molecule has 1 aromatic carbocycles. The van der Waals surface area contributed by atoms with E-state index in [1.165, 1.54) is 5.56 Å². The predicted octanol–water partition coefficient (Wildman–Crippen LogP) is 2.62. The van der Waals surface area contributed by atoms with Gasteiger partial charge >= 0.3 is 6.03 Å². The fourth-order valence-corrected chi connectivity index (χ4v) is 2.20. The number of carbonyl (C=O) groups excluding carboxylic acids is 1. The van der Waals surface area contributed by atoms with E-state index in [2.05, 4.69) is 25.6 Å². The number of rotatable bonds is 3. The van der Waals surface area contributed by atoms with Gasteiger partial charge in [-0.3, -0.25) is 4.90 Å². The number of hydrogen-bond acceptors (Lipinski definition) is 2. The minimum atomic E-state index is 0.0809. The van der Waals surface area contributed by atoms with Crippen LogP contribution in [0.25, 0.3) is 0 Å². The van der Waals surface area contributed by atoms with E-state index in [-0.39, 0.29) is 6.03 Å². The first-order valence-electron chi connectivity index (χ1n) is 5.85. The van der Waals surface area contributed by atoms with Gasteiger partial charge in [-0.05, 0) is 23.3 Å². The summed E-state index contributed by atoms with van der Waals surface area (Å²) in [7, 11) is 1.84. The molecule has 0 spiro atoms. The molecule has 1 heterocycles. The van der Waals surface area contributed by atoms with Crippen molar-refractivity contribution in [1.82, 2.24) is 4.90 Å². The van der Waals surface area contributed by atoms with E-state index in [0.717, 1.165) is 18.0 Å². The quantitative estimate of drug-likeness (QED) is 0.819. The maximum atomic E-state index is 12.2. The normalized spacial score (nSPS) is 17.0. The van der Waals surface area contributed by atoms with Crippen LogP contribution in [0.4, 0.5) is 10.5 Å². The van der Waals surface area contributed by atoms with Gasteiger partial charge in [-0.15, -0.1) is 0 Å². The highest BCUT2D eigenvalue weighted by molar-refractivity contribution is 7.80. The Bertz CT molecular complexity index is 422. The molecule has 0 aliphatic carbocycles. The molecule has 4 heteroatoms. The second-order valence-electron chi connectivity index (χ2n) is 4.67. The molecule has 0 fully saturated rings. The van der Waals surface area contributed by atoms with E-state index in [1.54, 1.807) is 4.90 Å². The average molecular weight is 250 g/mol. The van der Waals surface area contributed by atoms with Crippen molar-refractivity contribution in [2.24, 2.45) is 5.92 Å². The molecule has 0 aromatic heterocycles. The fraction of sp³-hybridized carbons (Fsp3) is 0.462. The summed E-state index contributed by atoms with van der Waals surface area (Å²) < 4.78 is 0. The number of nitrogens with zero attached hydrogens (tertiary/aromatic N) is 2. The van der Waals surface area contributed by atoms with Crippen LogP contribution in [0.5, 0.6) is 0 Å². The Balaban J connectivity index is 2.32. The number of urea groups is 1. The Morgan fingerprint density at radius 3 is 2.82 bits per heavy atom. The zero-order valence-corrected chi connectivity index (χ0v) is 11.2. The van der Waals surface area contributed by atoms with E-state index in [4.69, 9.17) is 0 Å². The molecule has 1 unspecified atom stereocenters. The number of para-hydroxylation sites is 1. The van der Waals surface area contributed by atoms with E-state index in [0.29, 0.717) is 12.5 Å². The van der Waals surface area contributed by atoms with Gasteiger partial charge in [-0.2, -0.15) is 12.6 Å². The van der Waals surface area contributed by atoms with Crippen LogP contribution in [-0.4, -0.2) is 30.3 Å². The molecular formula is C13H18N2OS. The molecule has 0 bridgehead atoms. The molecule has 17 heavy (non-hydrogen) atoms. The summed E-state index contributed by atoms with van der Waals surface area (Å²) in [4.78, 5) is 15.8. The molecule has 1 aliphatic heterocycles. The lowest BCUT2D eigenvalue weighted by Crippen LogP contribution is -2.47. The van der Waals surface area contributed by atoms with Gasteiger partial charge in [0.15, 0.2) is 0 Å². The summed E-state index contributed by atoms with van der Waals surface area (Å²) in [6.07, 6.45) is 0. The summed E-state index contributed by atoms with van der Waals surface area (Å²) >= 11 is 4.29. The maximum absolute atomic E-state index is 12.2. The number of carbonyl (C=O) groups is 1. The highest BCUT2D eigenvalue weighted by Crippen LogP contribution is 2.28. The number of hydrogen-bond donors (Lipinski definition) is 1. The van der Waals surface area contributed by atoms with Crippen molar-refractivity contribution in [2.75, 3.05) is 24.2 Å². The van der Waals surface area contributed by atoms with Crippen LogP contribution in [0.2, 0.25) is 0 Å². The SMILES string of the molecule is CC(CS)CN1C(=O)N(C)Cc2ccccc21. The van der Waals surface area contributed by atoms with Crippen LogP contribution in [0, 0.1) is 5.92 Å². The van der Waals surface area contributed by atoms with Gasteiger partial charge in [0.05, 0.1) is 5.69 Å². The minimum Gasteiger partial charge on any atom is -0.323 e. The fourth-order valence-electron chi connectivity index (χ4n) is 2.09. The summed E-state index contributed by atoms with van der Waals surface area (Å²) in [5.41, 5.74) is 2.25. The van der Waals surface area contributed by atoms with E-state index < -0.39 is 0 Å². The lowest BCUT2D eigenvalue weighted by molar-refractivity contribution is 0.209. The molecule has 2 rings (SSSR count). The smallest absolute Gasteiger partial charge is 0.323 e. The molecule has 1 aromatic rings. The molecule has 0 saturated heterocycles. The topological polar surface area (TPSA) is 23.6 Å². The van der Waals surface area contributed by atoms with Gasteiger partial charge in [-0.25, -0.2) is 4.79 Å². The van der Waals surface area contributed by atoms with Gasteiger partial charge in [-0.1, -0.05) is 25.1 Å². The van der Waals surface area contributed by atoms with Gasteiger partial charge in [0.25, 0.3) is 0 Å². The van der Waals surface area contributed by atoms with Gasteiger partial charge in [0.2, 0.25) is 0 Å². The molecule has 1 aliphatic rings. The second-order valence-corrected chi connectivity index (χ2v) is 5.03. The van der Waals surface area contributed by atoms with Crippen molar-refractivity contribution in [3.8, 4) is 0 Å². The largest absolute Gasteiger partial charge is 0.324 e. The summed E-state index contributed by atoms with van der Waals surface area (Å²) in [5.74, 6) is 1.18. The third-order valence-electron chi connectivity index (χ3n) is 3.05. The molecule has 0 radical (unpaired) electrons. The van der Waals surface area contributed by atoms with Crippen LogP contribution in [0.1, 0.15) is 12.5 Å².